The Hall–Kier alpha value is -0.860. The van der Waals surface area contributed by atoms with E-state index in [-0.39, 0.29) is 6.10 Å². The Balaban J connectivity index is 2.09. The smallest absolute Gasteiger partial charge is 0.0527 e. The minimum atomic E-state index is -0.195. The van der Waals surface area contributed by atoms with Crippen LogP contribution in [0.4, 0.5) is 0 Å². The number of likely N-dealkylation sites (tertiary alicyclic amines) is 1. The van der Waals surface area contributed by atoms with Gasteiger partial charge in [0.15, 0.2) is 0 Å². The highest BCUT2D eigenvalue weighted by Crippen LogP contribution is 2.23. The van der Waals surface area contributed by atoms with Crippen molar-refractivity contribution in [2.75, 3.05) is 6.54 Å². The standard InChI is InChI=1S/C18H29NO/c1-14-9-15(2)11-17(10-14)13-19-8-6-4-5-7-18(19)12-16(3)20/h9-11,16,18,20H,4-8,12-13H2,1-3H3. The number of aliphatic hydroxyl groups is 1. The largest absolute Gasteiger partial charge is 0.393 e. The Bertz CT molecular complexity index is 407. The number of hydrogen-bond donors (Lipinski definition) is 1. The van der Waals surface area contributed by atoms with Crippen molar-refractivity contribution >= 4 is 0 Å². The number of aryl methyl sites for hydroxylation is 2. The molecule has 2 rings (SSSR count). The minimum Gasteiger partial charge on any atom is -0.393 e. The summed E-state index contributed by atoms with van der Waals surface area (Å²) >= 11 is 0. The molecule has 0 aliphatic carbocycles. The van der Waals surface area contributed by atoms with Crippen molar-refractivity contribution in [2.24, 2.45) is 0 Å². The number of rotatable bonds is 4. The summed E-state index contributed by atoms with van der Waals surface area (Å²) in [7, 11) is 0. The Morgan fingerprint density at radius 1 is 1.15 bits per heavy atom. The van der Waals surface area contributed by atoms with E-state index in [1.807, 2.05) is 6.92 Å². The van der Waals surface area contributed by atoms with Gasteiger partial charge in [-0.3, -0.25) is 4.90 Å². The molecule has 0 spiro atoms. The maximum Gasteiger partial charge on any atom is 0.0527 e. The van der Waals surface area contributed by atoms with Gasteiger partial charge in [-0.05, 0) is 52.1 Å². The molecule has 0 aromatic heterocycles. The normalized spacial score (nSPS) is 22.5. The molecule has 0 saturated carbocycles. The van der Waals surface area contributed by atoms with Crippen LogP contribution in [0.1, 0.15) is 55.7 Å². The van der Waals surface area contributed by atoms with Gasteiger partial charge in [0, 0.05) is 12.6 Å². The van der Waals surface area contributed by atoms with E-state index in [2.05, 4.69) is 36.9 Å². The molecule has 1 aromatic rings. The van der Waals surface area contributed by atoms with Gasteiger partial charge in [-0.2, -0.15) is 0 Å². The predicted octanol–water partition coefficient (Wildman–Crippen LogP) is 3.82. The number of benzene rings is 1. The van der Waals surface area contributed by atoms with Crippen LogP contribution in [0.5, 0.6) is 0 Å². The molecule has 2 unspecified atom stereocenters. The van der Waals surface area contributed by atoms with Gasteiger partial charge < -0.3 is 5.11 Å². The third-order valence-electron chi connectivity index (χ3n) is 4.28. The maximum absolute atomic E-state index is 9.74. The molecule has 1 saturated heterocycles. The minimum absolute atomic E-state index is 0.195. The molecular weight excluding hydrogens is 246 g/mol. The van der Waals surface area contributed by atoms with E-state index < -0.39 is 0 Å². The third kappa shape index (κ3) is 4.60. The molecule has 2 atom stereocenters. The van der Waals surface area contributed by atoms with Crippen LogP contribution in [-0.4, -0.2) is 28.7 Å². The summed E-state index contributed by atoms with van der Waals surface area (Å²) in [6, 6.07) is 7.38. The first kappa shape index (κ1) is 15.5. The zero-order valence-corrected chi connectivity index (χ0v) is 13.2. The van der Waals surface area contributed by atoms with Gasteiger partial charge >= 0.3 is 0 Å². The lowest BCUT2D eigenvalue weighted by Crippen LogP contribution is -2.36. The van der Waals surface area contributed by atoms with E-state index in [0.29, 0.717) is 6.04 Å². The molecule has 0 amide bonds. The van der Waals surface area contributed by atoms with Crippen LogP contribution in [-0.2, 0) is 6.54 Å². The van der Waals surface area contributed by atoms with Crippen LogP contribution < -0.4 is 0 Å². The third-order valence-corrected chi connectivity index (χ3v) is 4.28. The summed E-state index contributed by atoms with van der Waals surface area (Å²) in [5, 5.41) is 9.74. The van der Waals surface area contributed by atoms with Gasteiger partial charge in [-0.1, -0.05) is 42.2 Å². The first-order chi connectivity index (χ1) is 9.54. The highest BCUT2D eigenvalue weighted by Gasteiger charge is 2.22. The number of nitrogens with zero attached hydrogens (tertiary/aromatic N) is 1. The molecule has 1 heterocycles. The summed E-state index contributed by atoms with van der Waals surface area (Å²) in [6.07, 6.45) is 5.88. The summed E-state index contributed by atoms with van der Waals surface area (Å²) in [6.45, 7) is 8.46. The van der Waals surface area contributed by atoms with Gasteiger partial charge in [0.25, 0.3) is 0 Å². The van der Waals surface area contributed by atoms with E-state index in [9.17, 15) is 5.11 Å². The van der Waals surface area contributed by atoms with Crippen LogP contribution in [0, 0.1) is 13.8 Å². The predicted molar refractivity (Wildman–Crippen MR) is 84.9 cm³/mol. The molecule has 0 radical (unpaired) electrons. The zero-order valence-electron chi connectivity index (χ0n) is 13.2. The van der Waals surface area contributed by atoms with Crippen LogP contribution in [0.15, 0.2) is 18.2 Å². The van der Waals surface area contributed by atoms with Crippen molar-refractivity contribution in [3.63, 3.8) is 0 Å². The van der Waals surface area contributed by atoms with Crippen molar-refractivity contribution in [2.45, 2.75) is 71.6 Å². The fourth-order valence-electron chi connectivity index (χ4n) is 3.50. The maximum atomic E-state index is 9.74. The molecule has 2 heteroatoms. The molecule has 1 fully saturated rings. The van der Waals surface area contributed by atoms with Gasteiger partial charge in [0.05, 0.1) is 6.10 Å². The van der Waals surface area contributed by atoms with Crippen molar-refractivity contribution in [3.8, 4) is 0 Å². The lowest BCUT2D eigenvalue weighted by Gasteiger charge is -2.31. The quantitative estimate of drug-likeness (QED) is 0.903. The van der Waals surface area contributed by atoms with Gasteiger partial charge in [0.1, 0.15) is 0 Å². The Kier molecular flexibility index (Phi) is 5.62. The molecule has 0 bridgehead atoms. The fraction of sp³-hybridized carbons (Fsp3) is 0.667. The average Bonchev–Trinajstić information content (AvgIpc) is 2.53. The van der Waals surface area contributed by atoms with Crippen LogP contribution in [0.3, 0.4) is 0 Å². The number of aliphatic hydroxyl groups excluding tert-OH is 1. The number of hydrogen-bond acceptors (Lipinski definition) is 2. The SMILES string of the molecule is Cc1cc(C)cc(CN2CCCCCC2CC(C)O)c1. The second kappa shape index (κ2) is 7.24. The van der Waals surface area contributed by atoms with E-state index in [1.54, 1.807) is 0 Å². The average molecular weight is 275 g/mol. The Morgan fingerprint density at radius 3 is 2.50 bits per heavy atom. The van der Waals surface area contributed by atoms with E-state index >= 15 is 0 Å². The first-order valence-corrected chi connectivity index (χ1v) is 8.04. The van der Waals surface area contributed by atoms with Gasteiger partial charge in [-0.25, -0.2) is 0 Å². The van der Waals surface area contributed by atoms with E-state index in [1.165, 1.54) is 48.9 Å². The molecule has 1 aliphatic heterocycles. The van der Waals surface area contributed by atoms with Crippen molar-refractivity contribution < 1.29 is 5.11 Å². The molecule has 1 aromatic carbocycles. The highest BCUT2D eigenvalue weighted by atomic mass is 16.3. The first-order valence-electron chi connectivity index (χ1n) is 8.04. The topological polar surface area (TPSA) is 23.5 Å². The van der Waals surface area contributed by atoms with Crippen molar-refractivity contribution in [1.82, 2.24) is 4.90 Å². The van der Waals surface area contributed by atoms with Gasteiger partial charge in [-0.15, -0.1) is 0 Å². The lowest BCUT2D eigenvalue weighted by atomic mass is 10.0. The lowest BCUT2D eigenvalue weighted by molar-refractivity contribution is 0.108. The molecule has 20 heavy (non-hydrogen) atoms. The molecule has 1 aliphatic rings. The molecule has 2 nitrogen and oxygen atoms in total. The van der Waals surface area contributed by atoms with E-state index in [0.717, 1.165) is 13.0 Å². The molecular formula is C18H29NO. The van der Waals surface area contributed by atoms with Crippen molar-refractivity contribution in [3.05, 3.63) is 34.9 Å². The second-order valence-corrected chi connectivity index (χ2v) is 6.55. The summed E-state index contributed by atoms with van der Waals surface area (Å²) in [5.74, 6) is 0. The summed E-state index contributed by atoms with van der Waals surface area (Å²) < 4.78 is 0. The monoisotopic (exact) mass is 275 g/mol. The van der Waals surface area contributed by atoms with Crippen LogP contribution in [0.25, 0.3) is 0 Å². The van der Waals surface area contributed by atoms with Gasteiger partial charge in [0.2, 0.25) is 0 Å². The van der Waals surface area contributed by atoms with Crippen LogP contribution in [0.2, 0.25) is 0 Å². The highest BCUT2D eigenvalue weighted by molar-refractivity contribution is 5.28. The fourth-order valence-corrected chi connectivity index (χ4v) is 3.50. The molecule has 112 valence electrons. The second-order valence-electron chi connectivity index (χ2n) is 6.55. The van der Waals surface area contributed by atoms with Crippen LogP contribution >= 0.6 is 0 Å². The molecule has 1 N–H and O–H groups in total. The van der Waals surface area contributed by atoms with Crippen molar-refractivity contribution in [1.29, 1.82) is 0 Å². The Labute approximate surface area is 123 Å². The Morgan fingerprint density at radius 2 is 1.85 bits per heavy atom. The van der Waals surface area contributed by atoms with E-state index in [4.69, 9.17) is 0 Å². The summed E-state index contributed by atoms with van der Waals surface area (Å²) in [4.78, 5) is 2.59. The zero-order chi connectivity index (χ0) is 14.5. The summed E-state index contributed by atoms with van der Waals surface area (Å²) in [5.41, 5.74) is 4.11.